The maximum absolute atomic E-state index is 13.0. The fourth-order valence-corrected chi connectivity index (χ4v) is 5.10. The molecule has 1 saturated heterocycles. The van der Waals surface area contributed by atoms with Crippen LogP contribution in [0.3, 0.4) is 0 Å². The summed E-state index contributed by atoms with van der Waals surface area (Å²) in [6.07, 6.45) is 8.50. The summed E-state index contributed by atoms with van der Waals surface area (Å²) in [5.41, 5.74) is 6.41. The molecule has 1 unspecified atom stereocenters. The highest BCUT2D eigenvalue weighted by Gasteiger charge is 2.34. The maximum atomic E-state index is 13.0. The minimum absolute atomic E-state index is 0.0404. The van der Waals surface area contributed by atoms with Crippen LogP contribution >= 0.6 is 0 Å². The van der Waals surface area contributed by atoms with E-state index < -0.39 is 0 Å². The maximum Gasteiger partial charge on any atom is 0.254 e. The van der Waals surface area contributed by atoms with Crippen LogP contribution in [-0.4, -0.2) is 37.1 Å². The van der Waals surface area contributed by atoms with Gasteiger partial charge in [-0.3, -0.25) is 4.79 Å². The Balaban J connectivity index is 1.34. The van der Waals surface area contributed by atoms with Crippen molar-refractivity contribution in [3.8, 4) is 17.0 Å². The number of hydrogen-bond donors (Lipinski definition) is 0. The number of aryl methyl sites for hydroxylation is 2. The Bertz CT molecular complexity index is 1030. The molecule has 3 fully saturated rings. The fourth-order valence-electron chi connectivity index (χ4n) is 5.10. The Kier molecular flexibility index (Phi) is 5.11. The summed E-state index contributed by atoms with van der Waals surface area (Å²) in [5, 5.41) is 0. The third kappa shape index (κ3) is 4.06. The Morgan fingerprint density at radius 2 is 2.00 bits per heavy atom. The van der Waals surface area contributed by atoms with Crippen LogP contribution in [0.25, 0.3) is 11.3 Å². The minimum atomic E-state index is -0.0686. The van der Waals surface area contributed by atoms with Crippen molar-refractivity contribution < 1.29 is 14.2 Å². The smallest absolute Gasteiger partial charge is 0.254 e. The first kappa shape index (κ1) is 19.6. The SMILES string of the molecule is O=c1cc(OCC2COCCO2)c(C2CC2)c2n1CCc1cc(CCC3CC3)ccc1-2. The van der Waals surface area contributed by atoms with Crippen molar-refractivity contribution in [2.45, 2.75) is 63.5 Å². The molecule has 31 heavy (non-hydrogen) atoms. The molecule has 1 atom stereocenters. The highest BCUT2D eigenvalue weighted by molar-refractivity contribution is 5.73. The number of pyridine rings is 1. The molecule has 1 aromatic heterocycles. The molecular weight excluding hydrogens is 390 g/mol. The molecule has 3 heterocycles. The van der Waals surface area contributed by atoms with Gasteiger partial charge in [0.25, 0.3) is 5.56 Å². The molecule has 0 amide bonds. The van der Waals surface area contributed by atoms with Crippen LogP contribution in [0.5, 0.6) is 5.75 Å². The van der Waals surface area contributed by atoms with Crippen LogP contribution in [-0.2, 0) is 28.9 Å². The number of nitrogens with zero attached hydrogens (tertiary/aromatic N) is 1. The Labute approximate surface area is 183 Å². The number of rotatable bonds is 7. The van der Waals surface area contributed by atoms with E-state index in [-0.39, 0.29) is 11.7 Å². The molecule has 0 N–H and O–H groups in total. The number of ether oxygens (including phenoxy) is 3. The summed E-state index contributed by atoms with van der Waals surface area (Å²) in [5.74, 6) is 2.19. The normalized spacial score (nSPS) is 22.6. The van der Waals surface area contributed by atoms with Crippen molar-refractivity contribution in [2.75, 3.05) is 26.4 Å². The molecule has 2 aliphatic heterocycles. The molecule has 6 rings (SSSR count). The van der Waals surface area contributed by atoms with Crippen LogP contribution in [0, 0.1) is 5.92 Å². The number of aromatic nitrogens is 1. The topological polar surface area (TPSA) is 49.7 Å². The zero-order chi connectivity index (χ0) is 20.8. The molecule has 0 spiro atoms. The molecule has 2 aromatic rings. The second-order valence-corrected chi connectivity index (χ2v) is 9.64. The Morgan fingerprint density at radius 1 is 1.10 bits per heavy atom. The van der Waals surface area contributed by atoms with Crippen LogP contribution in [0.1, 0.15) is 54.7 Å². The first-order valence-electron chi connectivity index (χ1n) is 12.0. The second-order valence-electron chi connectivity index (χ2n) is 9.64. The summed E-state index contributed by atoms with van der Waals surface area (Å²) >= 11 is 0. The van der Waals surface area contributed by atoms with Crippen LogP contribution in [0.2, 0.25) is 0 Å². The van der Waals surface area contributed by atoms with E-state index in [1.165, 1.54) is 60.8 Å². The molecule has 164 valence electrons. The Morgan fingerprint density at radius 3 is 2.77 bits per heavy atom. The van der Waals surface area contributed by atoms with Gasteiger partial charge in [-0.2, -0.15) is 0 Å². The van der Waals surface area contributed by atoms with Crippen LogP contribution in [0.15, 0.2) is 29.1 Å². The van der Waals surface area contributed by atoms with Gasteiger partial charge in [-0.05, 0) is 55.1 Å². The largest absolute Gasteiger partial charge is 0.490 e. The van der Waals surface area contributed by atoms with Gasteiger partial charge in [0, 0.05) is 23.7 Å². The van der Waals surface area contributed by atoms with Crippen molar-refractivity contribution in [2.24, 2.45) is 5.92 Å². The molecule has 0 bridgehead atoms. The average Bonchev–Trinajstić information content (AvgIpc) is 3.71. The van der Waals surface area contributed by atoms with Gasteiger partial charge in [-0.25, -0.2) is 0 Å². The minimum Gasteiger partial charge on any atom is -0.490 e. The third-order valence-corrected chi connectivity index (χ3v) is 7.17. The number of hydrogen-bond acceptors (Lipinski definition) is 4. The van der Waals surface area contributed by atoms with E-state index in [9.17, 15) is 4.79 Å². The predicted molar refractivity (Wildman–Crippen MR) is 119 cm³/mol. The van der Waals surface area contributed by atoms with Crippen molar-refractivity contribution >= 4 is 0 Å². The standard InChI is InChI=1S/C26H31NO4/c28-24-14-23(31-16-21-15-29-11-12-30-21)25(19-6-7-19)26-22-8-5-18(4-3-17-1-2-17)13-20(22)9-10-27(24)26/h5,8,13-14,17,19,21H,1-4,6-7,9-12,15-16H2. The van der Waals surface area contributed by atoms with Crippen molar-refractivity contribution in [1.29, 1.82) is 0 Å². The van der Waals surface area contributed by atoms with Crippen LogP contribution < -0.4 is 10.3 Å². The van der Waals surface area contributed by atoms with E-state index in [0.717, 1.165) is 30.3 Å². The van der Waals surface area contributed by atoms with Gasteiger partial charge in [-0.15, -0.1) is 0 Å². The molecular formula is C26H31NO4. The fraction of sp³-hybridized carbons (Fsp3) is 0.577. The lowest BCUT2D eigenvalue weighted by molar-refractivity contribution is -0.101. The van der Waals surface area contributed by atoms with Crippen molar-refractivity contribution in [3.05, 3.63) is 51.3 Å². The zero-order valence-electron chi connectivity index (χ0n) is 18.1. The summed E-state index contributed by atoms with van der Waals surface area (Å²) in [6.45, 7) is 2.98. The molecule has 5 heteroatoms. The number of fused-ring (bicyclic) bond motifs is 3. The zero-order valence-corrected chi connectivity index (χ0v) is 18.1. The summed E-state index contributed by atoms with van der Waals surface area (Å²) < 4.78 is 19.4. The monoisotopic (exact) mass is 421 g/mol. The van der Waals surface area contributed by atoms with E-state index in [0.29, 0.717) is 32.3 Å². The average molecular weight is 422 g/mol. The molecule has 2 aliphatic carbocycles. The van der Waals surface area contributed by atoms with Crippen molar-refractivity contribution in [1.82, 2.24) is 4.57 Å². The lowest BCUT2D eigenvalue weighted by atomic mass is 9.90. The van der Waals surface area contributed by atoms with Gasteiger partial charge in [0.2, 0.25) is 0 Å². The molecule has 0 radical (unpaired) electrons. The molecule has 2 saturated carbocycles. The van der Waals surface area contributed by atoms with Gasteiger partial charge in [0.05, 0.1) is 25.5 Å². The first-order chi connectivity index (χ1) is 15.3. The van der Waals surface area contributed by atoms with Crippen LogP contribution in [0.4, 0.5) is 0 Å². The lowest BCUT2D eigenvalue weighted by Crippen LogP contribution is -2.34. The lowest BCUT2D eigenvalue weighted by Gasteiger charge is -2.28. The van der Waals surface area contributed by atoms with Gasteiger partial charge in [0.1, 0.15) is 18.5 Å². The summed E-state index contributed by atoms with van der Waals surface area (Å²) in [6, 6.07) is 8.63. The molecule has 1 aromatic carbocycles. The molecule has 5 nitrogen and oxygen atoms in total. The highest BCUT2D eigenvalue weighted by Crippen LogP contribution is 2.49. The van der Waals surface area contributed by atoms with Gasteiger partial charge in [-0.1, -0.05) is 31.0 Å². The second kappa shape index (κ2) is 8.10. The third-order valence-electron chi connectivity index (χ3n) is 7.17. The van der Waals surface area contributed by atoms with Gasteiger partial charge < -0.3 is 18.8 Å². The Hall–Kier alpha value is -2.11. The summed E-state index contributed by atoms with van der Waals surface area (Å²) in [4.78, 5) is 13.0. The van der Waals surface area contributed by atoms with E-state index in [2.05, 4.69) is 18.2 Å². The van der Waals surface area contributed by atoms with E-state index in [1.54, 1.807) is 6.07 Å². The quantitative estimate of drug-likeness (QED) is 0.676. The molecule has 4 aliphatic rings. The van der Waals surface area contributed by atoms with Gasteiger partial charge >= 0.3 is 0 Å². The highest BCUT2D eigenvalue weighted by atomic mass is 16.6. The van der Waals surface area contributed by atoms with E-state index in [4.69, 9.17) is 14.2 Å². The predicted octanol–water partition coefficient (Wildman–Crippen LogP) is 4.09. The first-order valence-corrected chi connectivity index (χ1v) is 12.0. The summed E-state index contributed by atoms with van der Waals surface area (Å²) in [7, 11) is 0. The number of benzene rings is 1. The van der Waals surface area contributed by atoms with E-state index >= 15 is 0 Å². The van der Waals surface area contributed by atoms with E-state index in [1.807, 2.05) is 4.57 Å². The van der Waals surface area contributed by atoms with Gasteiger partial charge in [0.15, 0.2) is 0 Å². The van der Waals surface area contributed by atoms with Crippen molar-refractivity contribution in [3.63, 3.8) is 0 Å².